The van der Waals surface area contributed by atoms with E-state index >= 15 is 0 Å². The van der Waals surface area contributed by atoms with Crippen LogP contribution in [0.5, 0.6) is 0 Å². The third-order valence-corrected chi connectivity index (χ3v) is 4.64. The molecule has 0 aliphatic carbocycles. The zero-order valence-corrected chi connectivity index (χ0v) is 12.1. The number of hydrogen-bond donors (Lipinski definition) is 1. The quantitative estimate of drug-likeness (QED) is 0.885. The van der Waals surface area contributed by atoms with E-state index in [1.54, 1.807) is 0 Å². The lowest BCUT2D eigenvalue weighted by molar-refractivity contribution is -0.0121. The largest absolute Gasteiger partial charge is 0.373 e. The first-order chi connectivity index (χ1) is 8.07. The second-order valence-electron chi connectivity index (χ2n) is 5.12. The molecule has 1 saturated heterocycles. The summed E-state index contributed by atoms with van der Waals surface area (Å²) in [5.74, 6) is 0. The third kappa shape index (κ3) is 2.56. The highest BCUT2D eigenvalue weighted by atomic mass is 32.1. The summed E-state index contributed by atoms with van der Waals surface area (Å²) in [7, 11) is 0. The highest BCUT2D eigenvalue weighted by Crippen LogP contribution is 2.40. The minimum absolute atomic E-state index is 0.0334. The van der Waals surface area contributed by atoms with Crippen molar-refractivity contribution in [1.82, 2.24) is 5.32 Å². The van der Waals surface area contributed by atoms with E-state index < -0.39 is 0 Å². The molecule has 2 atom stereocenters. The number of likely N-dealkylation sites (N-methyl/N-ethyl adjacent to an activating group) is 1. The second kappa shape index (κ2) is 5.09. The van der Waals surface area contributed by atoms with Crippen LogP contribution in [0, 0.1) is 13.8 Å². The Bertz CT molecular complexity index is 380. The zero-order chi connectivity index (χ0) is 12.5. The van der Waals surface area contributed by atoms with Crippen LogP contribution in [0.15, 0.2) is 6.07 Å². The summed E-state index contributed by atoms with van der Waals surface area (Å²) in [5, 5.41) is 3.62. The van der Waals surface area contributed by atoms with Crippen molar-refractivity contribution in [3.63, 3.8) is 0 Å². The van der Waals surface area contributed by atoms with E-state index in [-0.39, 0.29) is 5.60 Å². The molecule has 2 unspecified atom stereocenters. The molecule has 0 aromatic carbocycles. The van der Waals surface area contributed by atoms with E-state index in [1.165, 1.54) is 21.7 Å². The van der Waals surface area contributed by atoms with E-state index in [2.05, 4.69) is 39.1 Å². The number of thiophene rings is 1. The molecule has 1 aromatic rings. The lowest BCUT2D eigenvalue weighted by atomic mass is 9.88. The van der Waals surface area contributed by atoms with Gasteiger partial charge in [-0.2, -0.15) is 0 Å². The van der Waals surface area contributed by atoms with E-state index in [0.717, 1.165) is 19.6 Å². The van der Waals surface area contributed by atoms with Crippen LogP contribution in [-0.4, -0.2) is 18.8 Å². The van der Waals surface area contributed by atoms with Gasteiger partial charge < -0.3 is 10.1 Å². The third-order valence-electron chi connectivity index (χ3n) is 3.66. The van der Waals surface area contributed by atoms with Crippen LogP contribution < -0.4 is 5.32 Å². The van der Waals surface area contributed by atoms with Crippen LogP contribution >= 0.6 is 11.3 Å². The minimum Gasteiger partial charge on any atom is -0.373 e. The van der Waals surface area contributed by atoms with Crippen molar-refractivity contribution in [2.24, 2.45) is 0 Å². The Morgan fingerprint density at radius 1 is 1.53 bits per heavy atom. The molecular formula is C14H23NOS. The van der Waals surface area contributed by atoms with Crippen molar-refractivity contribution in [2.45, 2.75) is 52.2 Å². The standard InChI is InChI=1S/C14H23NOS/c1-5-15-13(14(4)7-6-8-16-14)12-9-10(2)17-11(12)3/h9,13,15H,5-8H2,1-4H3. The first-order valence-corrected chi connectivity index (χ1v) is 7.33. The van der Waals surface area contributed by atoms with E-state index in [1.807, 2.05) is 11.3 Å². The van der Waals surface area contributed by atoms with Gasteiger partial charge in [0.05, 0.1) is 11.6 Å². The lowest BCUT2D eigenvalue weighted by Crippen LogP contribution is -2.41. The molecule has 1 aliphatic heterocycles. The van der Waals surface area contributed by atoms with Gasteiger partial charge in [0.1, 0.15) is 0 Å². The molecule has 2 nitrogen and oxygen atoms in total. The van der Waals surface area contributed by atoms with Crippen molar-refractivity contribution in [3.05, 3.63) is 21.4 Å². The van der Waals surface area contributed by atoms with Crippen LogP contribution in [0.2, 0.25) is 0 Å². The van der Waals surface area contributed by atoms with Crippen molar-refractivity contribution < 1.29 is 4.74 Å². The smallest absolute Gasteiger partial charge is 0.0849 e. The molecule has 0 saturated carbocycles. The maximum Gasteiger partial charge on any atom is 0.0849 e. The molecule has 1 aliphatic rings. The van der Waals surface area contributed by atoms with Crippen molar-refractivity contribution in [2.75, 3.05) is 13.2 Å². The van der Waals surface area contributed by atoms with Crippen molar-refractivity contribution >= 4 is 11.3 Å². The SMILES string of the molecule is CCNC(c1cc(C)sc1C)C1(C)CCCO1. The number of nitrogens with one attached hydrogen (secondary N) is 1. The fourth-order valence-corrected chi connectivity index (χ4v) is 3.79. The van der Waals surface area contributed by atoms with Gasteiger partial charge in [0, 0.05) is 16.4 Å². The number of aryl methyl sites for hydroxylation is 2. The predicted octanol–water partition coefficient (Wildman–Crippen LogP) is 3.58. The molecular weight excluding hydrogens is 230 g/mol. The monoisotopic (exact) mass is 253 g/mol. The van der Waals surface area contributed by atoms with Crippen LogP contribution in [0.3, 0.4) is 0 Å². The summed E-state index contributed by atoms with van der Waals surface area (Å²) in [6.45, 7) is 10.7. The molecule has 1 fully saturated rings. The number of rotatable bonds is 4. The van der Waals surface area contributed by atoms with Gasteiger partial charge in [0.15, 0.2) is 0 Å². The maximum absolute atomic E-state index is 6.02. The van der Waals surface area contributed by atoms with Gasteiger partial charge in [-0.1, -0.05) is 6.92 Å². The van der Waals surface area contributed by atoms with Gasteiger partial charge >= 0.3 is 0 Å². The molecule has 0 spiro atoms. The van der Waals surface area contributed by atoms with Gasteiger partial charge in [-0.15, -0.1) is 11.3 Å². The Balaban J connectivity index is 2.31. The molecule has 0 radical (unpaired) electrons. The Kier molecular flexibility index (Phi) is 3.91. The van der Waals surface area contributed by atoms with Gasteiger partial charge in [0.25, 0.3) is 0 Å². The molecule has 2 rings (SSSR count). The molecule has 17 heavy (non-hydrogen) atoms. The molecule has 0 amide bonds. The summed E-state index contributed by atoms with van der Waals surface area (Å²) in [5.41, 5.74) is 1.40. The van der Waals surface area contributed by atoms with Crippen molar-refractivity contribution in [1.29, 1.82) is 0 Å². The zero-order valence-electron chi connectivity index (χ0n) is 11.3. The summed E-state index contributed by atoms with van der Waals surface area (Å²) >= 11 is 1.89. The van der Waals surface area contributed by atoms with Crippen LogP contribution in [0.4, 0.5) is 0 Å². The molecule has 3 heteroatoms. The van der Waals surface area contributed by atoms with Crippen LogP contribution in [0.1, 0.15) is 48.0 Å². The minimum atomic E-state index is -0.0334. The average Bonchev–Trinajstić information content (AvgIpc) is 2.83. The van der Waals surface area contributed by atoms with E-state index in [9.17, 15) is 0 Å². The Labute approximate surface area is 108 Å². The van der Waals surface area contributed by atoms with Gasteiger partial charge in [-0.25, -0.2) is 0 Å². The Morgan fingerprint density at radius 3 is 2.76 bits per heavy atom. The first-order valence-electron chi connectivity index (χ1n) is 6.51. The maximum atomic E-state index is 6.02. The topological polar surface area (TPSA) is 21.3 Å². The number of ether oxygens (including phenoxy) is 1. The highest BCUT2D eigenvalue weighted by Gasteiger charge is 2.39. The average molecular weight is 253 g/mol. The Hall–Kier alpha value is -0.380. The fourth-order valence-electron chi connectivity index (χ4n) is 2.82. The molecule has 1 aromatic heterocycles. The normalized spacial score (nSPS) is 26.4. The second-order valence-corrected chi connectivity index (χ2v) is 6.58. The number of hydrogen-bond acceptors (Lipinski definition) is 3. The predicted molar refractivity (Wildman–Crippen MR) is 73.8 cm³/mol. The van der Waals surface area contributed by atoms with Crippen molar-refractivity contribution in [3.8, 4) is 0 Å². The molecule has 96 valence electrons. The first kappa shape index (κ1) is 13.1. The molecule has 0 bridgehead atoms. The summed E-state index contributed by atoms with van der Waals surface area (Å²) in [6, 6.07) is 2.65. The van der Waals surface area contributed by atoms with E-state index in [4.69, 9.17) is 4.74 Å². The molecule has 1 N–H and O–H groups in total. The summed E-state index contributed by atoms with van der Waals surface area (Å²) in [4.78, 5) is 2.81. The fraction of sp³-hybridized carbons (Fsp3) is 0.714. The van der Waals surface area contributed by atoms with Crippen LogP contribution in [-0.2, 0) is 4.74 Å². The van der Waals surface area contributed by atoms with Gasteiger partial charge in [0.2, 0.25) is 0 Å². The van der Waals surface area contributed by atoms with Gasteiger partial charge in [-0.3, -0.25) is 0 Å². The summed E-state index contributed by atoms with van der Waals surface area (Å²) < 4.78 is 6.02. The summed E-state index contributed by atoms with van der Waals surface area (Å²) in [6.07, 6.45) is 2.33. The van der Waals surface area contributed by atoms with Gasteiger partial charge in [-0.05, 0) is 51.8 Å². The Morgan fingerprint density at radius 2 is 2.29 bits per heavy atom. The molecule has 2 heterocycles. The highest BCUT2D eigenvalue weighted by molar-refractivity contribution is 7.12. The van der Waals surface area contributed by atoms with Crippen LogP contribution in [0.25, 0.3) is 0 Å². The lowest BCUT2D eigenvalue weighted by Gasteiger charge is -2.34. The van der Waals surface area contributed by atoms with E-state index in [0.29, 0.717) is 6.04 Å².